The highest BCUT2D eigenvalue weighted by Gasteiger charge is 2.11. The highest BCUT2D eigenvalue weighted by Crippen LogP contribution is 2.16. The number of ether oxygens (including phenoxy) is 1. The maximum atomic E-state index is 12.1. The average Bonchev–Trinajstić information content (AvgIpc) is 3.16. The van der Waals surface area contributed by atoms with Gasteiger partial charge in [-0.1, -0.05) is 18.2 Å². The number of carbonyl (C=O) groups excluding carboxylic acids is 1. The summed E-state index contributed by atoms with van der Waals surface area (Å²) in [4.78, 5) is 12.1. The van der Waals surface area contributed by atoms with Crippen molar-refractivity contribution in [2.24, 2.45) is 7.05 Å². The zero-order valence-electron chi connectivity index (χ0n) is 12.9. The molecule has 7 heteroatoms. The highest BCUT2D eigenvalue weighted by molar-refractivity contribution is 6.02. The molecule has 7 nitrogen and oxygen atoms in total. The van der Waals surface area contributed by atoms with Crippen LogP contribution in [-0.4, -0.2) is 25.5 Å². The Bertz CT molecular complexity index is 821. The van der Waals surface area contributed by atoms with Crippen molar-refractivity contribution in [1.82, 2.24) is 19.6 Å². The molecule has 23 heavy (non-hydrogen) atoms. The number of hydrogen-bond acceptors (Lipinski definition) is 4. The van der Waals surface area contributed by atoms with E-state index in [0.717, 1.165) is 11.3 Å². The van der Waals surface area contributed by atoms with E-state index in [4.69, 9.17) is 4.74 Å². The fourth-order valence-corrected chi connectivity index (χ4v) is 2.07. The second-order valence-electron chi connectivity index (χ2n) is 5.11. The van der Waals surface area contributed by atoms with Gasteiger partial charge in [0.2, 0.25) is 0 Å². The number of hydrogen-bond donors (Lipinski definition) is 1. The summed E-state index contributed by atoms with van der Waals surface area (Å²) in [5.41, 5.74) is 1.36. The fourth-order valence-electron chi connectivity index (χ4n) is 2.07. The molecule has 1 N–H and O–H groups in total. The molecule has 0 aliphatic heterocycles. The van der Waals surface area contributed by atoms with Gasteiger partial charge in [-0.3, -0.25) is 9.48 Å². The van der Waals surface area contributed by atoms with Crippen LogP contribution in [0.1, 0.15) is 16.1 Å². The molecule has 0 bridgehead atoms. The predicted molar refractivity (Wildman–Crippen MR) is 85.2 cm³/mol. The second-order valence-corrected chi connectivity index (χ2v) is 5.11. The quantitative estimate of drug-likeness (QED) is 0.784. The maximum absolute atomic E-state index is 12.1. The van der Waals surface area contributed by atoms with Gasteiger partial charge in [0.25, 0.3) is 5.91 Å². The topological polar surface area (TPSA) is 74.0 Å². The monoisotopic (exact) mass is 311 g/mol. The van der Waals surface area contributed by atoms with Crippen molar-refractivity contribution in [3.8, 4) is 5.75 Å². The molecule has 3 aromatic rings. The first-order valence-electron chi connectivity index (χ1n) is 7.15. The van der Waals surface area contributed by atoms with Crippen LogP contribution < -0.4 is 10.1 Å². The molecule has 118 valence electrons. The molecular formula is C16H17N5O2. The number of para-hydroxylation sites is 1. The van der Waals surface area contributed by atoms with Gasteiger partial charge in [-0.25, -0.2) is 4.68 Å². The third-order valence-electron chi connectivity index (χ3n) is 3.27. The van der Waals surface area contributed by atoms with Crippen LogP contribution in [0.3, 0.4) is 0 Å². The third-order valence-corrected chi connectivity index (χ3v) is 3.27. The minimum Gasteiger partial charge on any atom is -0.471 e. The Kier molecular flexibility index (Phi) is 4.09. The summed E-state index contributed by atoms with van der Waals surface area (Å²) in [6.07, 6.45) is 3.45. The summed E-state index contributed by atoms with van der Waals surface area (Å²) in [5, 5.41) is 11.0. The molecule has 0 aliphatic rings. The van der Waals surface area contributed by atoms with Crippen molar-refractivity contribution in [1.29, 1.82) is 0 Å². The average molecular weight is 311 g/mol. The molecule has 0 fully saturated rings. The van der Waals surface area contributed by atoms with E-state index in [-0.39, 0.29) is 12.6 Å². The van der Waals surface area contributed by atoms with Gasteiger partial charge in [0.1, 0.15) is 5.75 Å². The van der Waals surface area contributed by atoms with Crippen LogP contribution in [0.2, 0.25) is 0 Å². The Morgan fingerprint density at radius 3 is 2.74 bits per heavy atom. The molecule has 0 aliphatic carbocycles. The Balaban J connectivity index is 1.61. The number of rotatable bonds is 5. The van der Waals surface area contributed by atoms with E-state index in [1.54, 1.807) is 40.9 Å². The van der Waals surface area contributed by atoms with Gasteiger partial charge in [0, 0.05) is 25.5 Å². The standard InChI is InChI=1S/C16H17N5O2/c1-12-5-3-4-6-14(12)23-11-21-10-7-13(18-21)16(22)17-15-8-9-20(2)19-15/h3-10H,11H2,1-2H3,(H,17,19,22). The van der Waals surface area contributed by atoms with E-state index in [1.165, 1.54) is 0 Å². The van der Waals surface area contributed by atoms with Gasteiger partial charge in [0.15, 0.2) is 18.2 Å². The van der Waals surface area contributed by atoms with Crippen molar-refractivity contribution in [2.45, 2.75) is 13.7 Å². The molecule has 0 saturated carbocycles. The number of carbonyl (C=O) groups is 1. The molecular weight excluding hydrogens is 294 g/mol. The molecule has 0 saturated heterocycles. The Labute approximate surface area is 133 Å². The molecule has 0 radical (unpaired) electrons. The van der Waals surface area contributed by atoms with Crippen molar-refractivity contribution < 1.29 is 9.53 Å². The Hall–Kier alpha value is -3.09. The number of benzene rings is 1. The lowest BCUT2D eigenvalue weighted by atomic mass is 10.2. The number of amides is 1. The molecule has 2 aromatic heterocycles. The van der Waals surface area contributed by atoms with Crippen LogP contribution in [0.5, 0.6) is 5.75 Å². The van der Waals surface area contributed by atoms with Gasteiger partial charge in [-0.15, -0.1) is 0 Å². The Morgan fingerprint density at radius 1 is 1.17 bits per heavy atom. The molecule has 0 unspecified atom stereocenters. The lowest BCUT2D eigenvalue weighted by molar-refractivity contribution is 0.101. The van der Waals surface area contributed by atoms with Crippen molar-refractivity contribution in [3.05, 3.63) is 60.0 Å². The van der Waals surface area contributed by atoms with Crippen LogP contribution in [0.15, 0.2) is 48.8 Å². The minimum absolute atomic E-state index is 0.238. The number of aryl methyl sites for hydroxylation is 2. The molecule has 0 spiro atoms. The number of anilines is 1. The van der Waals surface area contributed by atoms with Gasteiger partial charge < -0.3 is 10.1 Å². The zero-order valence-corrected chi connectivity index (χ0v) is 12.9. The first-order chi connectivity index (χ1) is 11.1. The second kappa shape index (κ2) is 6.35. The van der Waals surface area contributed by atoms with Crippen molar-refractivity contribution >= 4 is 11.7 Å². The maximum Gasteiger partial charge on any atom is 0.277 e. The first-order valence-corrected chi connectivity index (χ1v) is 7.15. The van der Waals surface area contributed by atoms with Crippen LogP contribution in [-0.2, 0) is 13.8 Å². The summed E-state index contributed by atoms with van der Waals surface area (Å²) in [6.45, 7) is 2.21. The van der Waals surface area contributed by atoms with Crippen LogP contribution in [0.25, 0.3) is 0 Å². The third kappa shape index (κ3) is 3.57. The summed E-state index contributed by atoms with van der Waals surface area (Å²) in [7, 11) is 1.79. The van der Waals surface area contributed by atoms with Crippen LogP contribution >= 0.6 is 0 Å². The van der Waals surface area contributed by atoms with E-state index in [1.807, 2.05) is 31.2 Å². The largest absolute Gasteiger partial charge is 0.471 e. The molecule has 0 atom stereocenters. The van der Waals surface area contributed by atoms with Crippen LogP contribution in [0.4, 0.5) is 5.82 Å². The van der Waals surface area contributed by atoms with E-state index in [2.05, 4.69) is 15.5 Å². The van der Waals surface area contributed by atoms with Gasteiger partial charge in [-0.05, 0) is 24.6 Å². The first kappa shape index (κ1) is 14.8. The molecule has 1 aromatic carbocycles. The molecule has 2 heterocycles. The van der Waals surface area contributed by atoms with E-state index >= 15 is 0 Å². The summed E-state index contributed by atoms with van der Waals surface area (Å²) in [5.74, 6) is 0.976. The fraction of sp³-hybridized carbons (Fsp3) is 0.188. The van der Waals surface area contributed by atoms with E-state index in [9.17, 15) is 4.79 Å². The smallest absolute Gasteiger partial charge is 0.277 e. The summed E-state index contributed by atoms with van der Waals surface area (Å²) >= 11 is 0. The number of nitrogens with one attached hydrogen (secondary N) is 1. The number of nitrogens with zero attached hydrogens (tertiary/aromatic N) is 4. The van der Waals surface area contributed by atoms with E-state index in [0.29, 0.717) is 11.5 Å². The van der Waals surface area contributed by atoms with Gasteiger partial charge in [0.05, 0.1) is 0 Å². The Morgan fingerprint density at radius 2 is 2.00 bits per heavy atom. The van der Waals surface area contributed by atoms with Crippen molar-refractivity contribution in [3.63, 3.8) is 0 Å². The molecule has 3 rings (SSSR count). The summed E-state index contributed by atoms with van der Waals surface area (Å²) < 4.78 is 8.88. The highest BCUT2D eigenvalue weighted by atomic mass is 16.5. The lowest BCUT2D eigenvalue weighted by Gasteiger charge is -2.08. The number of aromatic nitrogens is 4. The zero-order chi connectivity index (χ0) is 16.2. The van der Waals surface area contributed by atoms with Crippen LogP contribution in [0, 0.1) is 6.92 Å². The predicted octanol–water partition coefficient (Wildman–Crippen LogP) is 2.21. The van der Waals surface area contributed by atoms with Gasteiger partial charge in [-0.2, -0.15) is 10.2 Å². The van der Waals surface area contributed by atoms with E-state index < -0.39 is 0 Å². The summed E-state index contributed by atoms with van der Waals surface area (Å²) in [6, 6.07) is 11.1. The van der Waals surface area contributed by atoms with Crippen molar-refractivity contribution in [2.75, 3.05) is 5.32 Å². The normalized spacial score (nSPS) is 10.5. The SMILES string of the molecule is Cc1ccccc1OCn1ccc(C(=O)Nc2ccn(C)n2)n1. The van der Waals surface area contributed by atoms with Gasteiger partial charge >= 0.3 is 0 Å². The lowest BCUT2D eigenvalue weighted by Crippen LogP contribution is -2.14. The minimum atomic E-state index is -0.307. The molecule has 1 amide bonds.